The minimum Gasteiger partial charge on any atom is -0.492 e. The lowest BCUT2D eigenvalue weighted by Crippen LogP contribution is -2.19. The van der Waals surface area contributed by atoms with E-state index >= 15 is 0 Å². The van der Waals surface area contributed by atoms with Crippen molar-refractivity contribution in [3.05, 3.63) is 64.7 Å². The van der Waals surface area contributed by atoms with Gasteiger partial charge in [-0.1, -0.05) is 41.9 Å². The van der Waals surface area contributed by atoms with Gasteiger partial charge in [-0.15, -0.1) is 0 Å². The first-order chi connectivity index (χ1) is 8.83. The molecule has 1 heterocycles. The van der Waals surface area contributed by atoms with Crippen LogP contribution in [0.1, 0.15) is 17.2 Å². The third-order valence-electron chi connectivity index (χ3n) is 3.18. The summed E-state index contributed by atoms with van der Waals surface area (Å²) in [4.78, 5) is 0. The van der Waals surface area contributed by atoms with Crippen molar-refractivity contribution in [2.24, 2.45) is 0 Å². The second-order valence-electron chi connectivity index (χ2n) is 4.40. The molecule has 92 valence electrons. The minimum atomic E-state index is 0.264. The fourth-order valence-corrected chi connectivity index (χ4v) is 2.44. The van der Waals surface area contributed by atoms with Gasteiger partial charge in [-0.05, 0) is 29.3 Å². The summed E-state index contributed by atoms with van der Waals surface area (Å²) in [5.41, 5.74) is 2.69. The molecule has 3 heteroatoms. The van der Waals surface area contributed by atoms with Crippen molar-refractivity contribution >= 4 is 11.6 Å². The first-order valence-corrected chi connectivity index (χ1v) is 6.40. The number of rotatable bonds is 3. The lowest BCUT2D eigenvalue weighted by molar-refractivity contribution is 0.274. The van der Waals surface area contributed by atoms with Crippen LogP contribution in [-0.4, -0.2) is 6.61 Å². The predicted octanol–water partition coefficient (Wildman–Crippen LogP) is 3.56. The number of hydrogen-bond donors (Lipinski definition) is 1. The molecule has 0 saturated heterocycles. The molecule has 0 spiro atoms. The van der Waals surface area contributed by atoms with Crippen molar-refractivity contribution < 1.29 is 4.74 Å². The molecule has 1 aliphatic rings. The Kier molecular flexibility index (Phi) is 3.22. The third kappa shape index (κ3) is 2.35. The molecule has 2 aromatic carbocycles. The zero-order valence-electron chi connectivity index (χ0n) is 9.90. The van der Waals surface area contributed by atoms with E-state index in [2.05, 4.69) is 29.6 Å². The lowest BCUT2D eigenvalue weighted by Gasteiger charge is -2.13. The van der Waals surface area contributed by atoms with Gasteiger partial charge < -0.3 is 10.1 Å². The highest BCUT2D eigenvalue weighted by Crippen LogP contribution is 2.26. The Morgan fingerprint density at radius 3 is 2.94 bits per heavy atom. The first-order valence-electron chi connectivity index (χ1n) is 6.02. The molecule has 1 aliphatic heterocycles. The molecule has 1 atom stereocenters. The van der Waals surface area contributed by atoms with Crippen LogP contribution in [0.5, 0.6) is 5.75 Å². The van der Waals surface area contributed by atoms with E-state index in [9.17, 15) is 0 Å². The number of hydrogen-bond acceptors (Lipinski definition) is 2. The van der Waals surface area contributed by atoms with Gasteiger partial charge in [0, 0.05) is 11.6 Å². The van der Waals surface area contributed by atoms with Crippen LogP contribution in [0, 0.1) is 0 Å². The molecule has 18 heavy (non-hydrogen) atoms. The maximum Gasteiger partial charge on any atom is 0.120 e. The van der Waals surface area contributed by atoms with Crippen LogP contribution in [0.4, 0.5) is 0 Å². The topological polar surface area (TPSA) is 21.3 Å². The molecule has 0 bridgehead atoms. The van der Waals surface area contributed by atoms with E-state index in [-0.39, 0.29) is 6.04 Å². The highest BCUT2D eigenvalue weighted by molar-refractivity contribution is 6.30. The van der Waals surface area contributed by atoms with Crippen LogP contribution in [0.2, 0.25) is 5.02 Å². The van der Waals surface area contributed by atoms with Gasteiger partial charge in [0.1, 0.15) is 12.4 Å². The molecule has 0 saturated carbocycles. The average Bonchev–Trinajstić information content (AvgIpc) is 2.80. The highest BCUT2D eigenvalue weighted by Gasteiger charge is 2.21. The summed E-state index contributed by atoms with van der Waals surface area (Å²) in [5.74, 6) is 0.814. The Morgan fingerprint density at radius 1 is 1.17 bits per heavy atom. The molecule has 0 fully saturated rings. The molecular formula is C15H14ClNO. The Balaban J connectivity index is 1.69. The smallest absolute Gasteiger partial charge is 0.120 e. The number of ether oxygens (including phenoxy) is 1. The number of benzene rings is 2. The van der Waals surface area contributed by atoms with Crippen LogP contribution in [0.3, 0.4) is 0 Å². The Morgan fingerprint density at radius 2 is 2.06 bits per heavy atom. The Bertz CT molecular complexity index is 556. The van der Waals surface area contributed by atoms with Crippen molar-refractivity contribution in [2.45, 2.75) is 12.6 Å². The Hall–Kier alpha value is -1.51. The predicted molar refractivity (Wildman–Crippen MR) is 73.0 cm³/mol. The third-order valence-corrected chi connectivity index (χ3v) is 3.42. The van der Waals surface area contributed by atoms with E-state index in [4.69, 9.17) is 16.3 Å². The molecule has 1 N–H and O–H groups in total. The second-order valence-corrected chi connectivity index (χ2v) is 4.84. The standard InChI is InChI=1S/C15H14ClNO/c16-12-5-3-6-13(8-12)18-10-15-14-7-2-1-4-11(14)9-17-15/h1-8,15,17H,9-10H2. The summed E-state index contributed by atoms with van der Waals surface area (Å²) in [6.07, 6.45) is 0. The SMILES string of the molecule is Clc1cccc(OCC2NCc3ccccc32)c1. The van der Waals surface area contributed by atoms with Crippen molar-refractivity contribution in [3.63, 3.8) is 0 Å². The summed E-state index contributed by atoms with van der Waals surface area (Å²) >= 11 is 5.93. The molecule has 1 unspecified atom stereocenters. The zero-order valence-corrected chi connectivity index (χ0v) is 10.7. The van der Waals surface area contributed by atoms with Crippen LogP contribution in [0.15, 0.2) is 48.5 Å². The number of fused-ring (bicyclic) bond motifs is 1. The molecule has 0 aliphatic carbocycles. The zero-order chi connectivity index (χ0) is 12.4. The van der Waals surface area contributed by atoms with Crippen molar-refractivity contribution in [3.8, 4) is 5.75 Å². The summed E-state index contributed by atoms with van der Waals surface area (Å²) < 4.78 is 5.78. The number of halogens is 1. The van der Waals surface area contributed by atoms with Gasteiger partial charge in [-0.2, -0.15) is 0 Å². The molecular weight excluding hydrogens is 246 g/mol. The lowest BCUT2D eigenvalue weighted by atomic mass is 10.1. The molecule has 0 amide bonds. The van der Waals surface area contributed by atoms with E-state index in [0.29, 0.717) is 11.6 Å². The van der Waals surface area contributed by atoms with Gasteiger partial charge in [-0.25, -0.2) is 0 Å². The quantitative estimate of drug-likeness (QED) is 0.910. The minimum absolute atomic E-state index is 0.264. The first kappa shape index (κ1) is 11.6. The van der Waals surface area contributed by atoms with Gasteiger partial charge in [-0.3, -0.25) is 0 Å². The van der Waals surface area contributed by atoms with E-state index in [1.165, 1.54) is 11.1 Å². The van der Waals surface area contributed by atoms with Gasteiger partial charge in [0.05, 0.1) is 6.04 Å². The van der Waals surface area contributed by atoms with E-state index < -0.39 is 0 Å². The van der Waals surface area contributed by atoms with Crippen LogP contribution < -0.4 is 10.1 Å². The van der Waals surface area contributed by atoms with Crippen LogP contribution in [0.25, 0.3) is 0 Å². The molecule has 0 aromatic heterocycles. The maximum absolute atomic E-state index is 5.93. The van der Waals surface area contributed by atoms with E-state index in [0.717, 1.165) is 12.3 Å². The summed E-state index contributed by atoms with van der Waals surface area (Å²) in [6.45, 7) is 1.54. The van der Waals surface area contributed by atoms with Crippen LogP contribution in [-0.2, 0) is 6.54 Å². The summed E-state index contributed by atoms with van der Waals surface area (Å²) in [7, 11) is 0. The van der Waals surface area contributed by atoms with Crippen molar-refractivity contribution in [1.29, 1.82) is 0 Å². The highest BCUT2D eigenvalue weighted by atomic mass is 35.5. The average molecular weight is 260 g/mol. The second kappa shape index (κ2) is 5.01. The van der Waals surface area contributed by atoms with Gasteiger partial charge in [0.15, 0.2) is 0 Å². The summed E-state index contributed by atoms with van der Waals surface area (Å²) in [6, 6.07) is 16.2. The molecule has 0 radical (unpaired) electrons. The fourth-order valence-electron chi connectivity index (χ4n) is 2.26. The molecule has 3 rings (SSSR count). The van der Waals surface area contributed by atoms with Gasteiger partial charge >= 0.3 is 0 Å². The Labute approximate surface area is 112 Å². The van der Waals surface area contributed by atoms with Crippen molar-refractivity contribution in [1.82, 2.24) is 5.32 Å². The van der Waals surface area contributed by atoms with E-state index in [1.54, 1.807) is 0 Å². The largest absolute Gasteiger partial charge is 0.492 e. The molecule has 2 nitrogen and oxygen atoms in total. The van der Waals surface area contributed by atoms with Gasteiger partial charge in [0.25, 0.3) is 0 Å². The maximum atomic E-state index is 5.93. The van der Waals surface area contributed by atoms with Gasteiger partial charge in [0.2, 0.25) is 0 Å². The normalized spacial score (nSPS) is 17.5. The fraction of sp³-hybridized carbons (Fsp3) is 0.200. The van der Waals surface area contributed by atoms with Crippen LogP contribution >= 0.6 is 11.6 Å². The number of nitrogens with one attached hydrogen (secondary N) is 1. The van der Waals surface area contributed by atoms with E-state index in [1.807, 2.05) is 24.3 Å². The monoisotopic (exact) mass is 259 g/mol. The van der Waals surface area contributed by atoms with Crippen molar-refractivity contribution in [2.75, 3.05) is 6.61 Å². The summed E-state index contributed by atoms with van der Waals surface area (Å²) in [5, 5.41) is 4.15. The molecule has 2 aromatic rings.